The molecule has 1 aliphatic carbocycles. The Morgan fingerprint density at radius 2 is 2.03 bits per heavy atom. The van der Waals surface area contributed by atoms with Crippen molar-refractivity contribution in [3.05, 3.63) is 41.2 Å². The molecule has 3 aromatic heterocycles. The lowest BCUT2D eigenvalue weighted by Crippen LogP contribution is -2.44. The molecule has 1 aliphatic heterocycles. The molecule has 1 saturated heterocycles. The summed E-state index contributed by atoms with van der Waals surface area (Å²) in [6.07, 6.45) is 2.39. The Kier molecular flexibility index (Phi) is 7.37. The van der Waals surface area contributed by atoms with Crippen LogP contribution in [-0.2, 0) is 22.3 Å². The van der Waals surface area contributed by atoms with Gasteiger partial charge >= 0.3 is 6.09 Å². The Morgan fingerprint density at radius 1 is 1.21 bits per heavy atom. The number of amides is 1. The van der Waals surface area contributed by atoms with E-state index in [0.29, 0.717) is 19.2 Å². The number of nitrogen functional groups attached to an aromatic ring is 1. The maximum absolute atomic E-state index is 12.4. The van der Waals surface area contributed by atoms with Gasteiger partial charge in [-0.15, -0.1) is 0 Å². The van der Waals surface area contributed by atoms with E-state index in [2.05, 4.69) is 38.7 Å². The highest BCUT2D eigenvalue weighted by Gasteiger charge is 2.36. The number of nitrogens with one attached hydrogen (secondary N) is 2. The van der Waals surface area contributed by atoms with Crippen molar-refractivity contribution in [2.24, 2.45) is 5.92 Å². The molecule has 5 rings (SSSR count). The van der Waals surface area contributed by atoms with Crippen molar-refractivity contribution in [1.29, 1.82) is 0 Å². The number of alkyl carbamates (subject to hydrolysis) is 1. The molecule has 9 nitrogen and oxygen atoms in total. The number of hydrogen-bond donors (Lipinski definition) is 3. The average Bonchev–Trinajstić information content (AvgIpc) is 3.37. The van der Waals surface area contributed by atoms with Crippen molar-refractivity contribution in [3.63, 3.8) is 0 Å². The van der Waals surface area contributed by atoms with E-state index in [-0.39, 0.29) is 12.0 Å². The summed E-state index contributed by atoms with van der Waals surface area (Å²) in [5.41, 5.74) is 10.1. The molecular weight excluding hydrogens is 500 g/mol. The predicted octanol–water partition coefficient (Wildman–Crippen LogP) is 4.53. The first-order chi connectivity index (χ1) is 18.1. The maximum atomic E-state index is 12.4. The Bertz CT molecular complexity index is 1320. The Labute approximate surface area is 228 Å². The van der Waals surface area contributed by atoms with Crippen LogP contribution in [0, 0.1) is 12.8 Å². The summed E-state index contributed by atoms with van der Waals surface area (Å²) in [7, 11) is 1.69. The zero-order valence-electron chi connectivity index (χ0n) is 22.8. The van der Waals surface area contributed by atoms with E-state index < -0.39 is 11.7 Å². The average molecular weight is 539 g/mol. The van der Waals surface area contributed by atoms with E-state index in [9.17, 15) is 4.79 Å². The largest absolute Gasteiger partial charge is 0.444 e. The summed E-state index contributed by atoms with van der Waals surface area (Å²) in [6, 6.07) is 8.59. The number of aromatic nitrogens is 2. The minimum atomic E-state index is -0.537. The van der Waals surface area contributed by atoms with Gasteiger partial charge in [-0.1, -0.05) is 17.4 Å². The molecule has 0 bridgehead atoms. The number of methoxy groups -OCH3 is 1. The number of nitrogens with zero attached hydrogens (tertiary/aromatic N) is 3. The lowest BCUT2D eigenvalue weighted by Gasteiger charge is -2.27. The number of ether oxygens (including phenoxy) is 2. The van der Waals surface area contributed by atoms with Crippen LogP contribution in [0.15, 0.2) is 24.3 Å². The minimum absolute atomic E-state index is 0.0683. The van der Waals surface area contributed by atoms with Gasteiger partial charge in [0.15, 0.2) is 0 Å². The third-order valence-corrected chi connectivity index (χ3v) is 8.21. The van der Waals surface area contributed by atoms with Crippen molar-refractivity contribution in [3.8, 4) is 0 Å². The summed E-state index contributed by atoms with van der Waals surface area (Å²) in [5.74, 6) is 1.10. The van der Waals surface area contributed by atoms with E-state index >= 15 is 0 Å². The molecule has 1 fully saturated rings. The normalized spacial score (nSPS) is 21.4. The molecule has 1 amide bonds. The molecule has 0 aromatic carbocycles. The third kappa shape index (κ3) is 5.81. The van der Waals surface area contributed by atoms with Crippen molar-refractivity contribution in [2.75, 3.05) is 42.8 Å². The number of carbonyl (C=O) groups is 1. The van der Waals surface area contributed by atoms with Crippen molar-refractivity contribution in [1.82, 2.24) is 15.3 Å². The van der Waals surface area contributed by atoms with Crippen LogP contribution >= 0.6 is 11.3 Å². The number of hydrogen-bond acceptors (Lipinski definition) is 9. The van der Waals surface area contributed by atoms with Crippen LogP contribution in [0.2, 0.25) is 0 Å². The van der Waals surface area contributed by atoms with E-state index in [0.717, 1.165) is 63.9 Å². The summed E-state index contributed by atoms with van der Waals surface area (Å²) in [6.45, 7) is 9.60. The minimum Gasteiger partial charge on any atom is -0.444 e. The molecule has 0 spiro atoms. The van der Waals surface area contributed by atoms with Gasteiger partial charge in [0, 0.05) is 48.9 Å². The van der Waals surface area contributed by atoms with E-state index in [4.69, 9.17) is 20.2 Å². The van der Waals surface area contributed by atoms with Crippen LogP contribution in [0.25, 0.3) is 10.2 Å². The van der Waals surface area contributed by atoms with Crippen LogP contribution in [0.3, 0.4) is 0 Å². The van der Waals surface area contributed by atoms with Crippen LogP contribution < -0.4 is 21.3 Å². The molecule has 2 aliphatic rings. The smallest absolute Gasteiger partial charge is 0.407 e. The fourth-order valence-corrected chi connectivity index (χ4v) is 6.46. The van der Waals surface area contributed by atoms with E-state index in [1.165, 1.54) is 5.56 Å². The topological polar surface area (TPSA) is 115 Å². The molecule has 38 heavy (non-hydrogen) atoms. The quantitative estimate of drug-likeness (QED) is 0.420. The van der Waals surface area contributed by atoms with Crippen LogP contribution in [0.4, 0.5) is 21.3 Å². The van der Waals surface area contributed by atoms with Crippen LogP contribution in [-0.4, -0.2) is 60.6 Å². The highest BCUT2D eigenvalue weighted by molar-refractivity contribution is 7.23. The Morgan fingerprint density at radius 3 is 2.79 bits per heavy atom. The van der Waals surface area contributed by atoms with Gasteiger partial charge in [0.05, 0.1) is 18.3 Å². The van der Waals surface area contributed by atoms with Crippen molar-refractivity contribution < 1.29 is 14.3 Å². The molecule has 3 aromatic rings. The summed E-state index contributed by atoms with van der Waals surface area (Å²) < 4.78 is 10.9. The van der Waals surface area contributed by atoms with Gasteiger partial charge in [-0.3, -0.25) is 0 Å². The number of carbonyl (C=O) groups excluding carboxylic acids is 1. The lowest BCUT2D eigenvalue weighted by atomic mass is 9.92. The zero-order valence-corrected chi connectivity index (χ0v) is 23.7. The first-order valence-corrected chi connectivity index (χ1v) is 14.1. The molecule has 0 radical (unpaired) electrons. The first kappa shape index (κ1) is 26.5. The molecule has 4 heterocycles. The van der Waals surface area contributed by atoms with Gasteiger partial charge in [0.2, 0.25) is 0 Å². The Hall–Kier alpha value is -3.11. The second-order valence-electron chi connectivity index (χ2n) is 11.4. The molecule has 0 saturated carbocycles. The van der Waals surface area contributed by atoms with Crippen LogP contribution in [0.1, 0.15) is 44.1 Å². The number of thiophene rings is 1. The fraction of sp³-hybridized carbons (Fsp3) is 0.536. The number of aryl methyl sites for hydroxylation is 2. The molecular formula is C28H38N6O3S. The van der Waals surface area contributed by atoms with Gasteiger partial charge in [0.1, 0.15) is 21.3 Å². The summed E-state index contributed by atoms with van der Waals surface area (Å²) in [5, 5.41) is 8.74. The Balaban J connectivity index is 1.25. The number of anilines is 3. The zero-order chi connectivity index (χ0) is 27.0. The first-order valence-electron chi connectivity index (χ1n) is 13.2. The number of pyridine rings is 2. The highest BCUT2D eigenvalue weighted by atomic mass is 32.1. The highest BCUT2D eigenvalue weighted by Crippen LogP contribution is 2.38. The van der Waals surface area contributed by atoms with Crippen LogP contribution in [0.5, 0.6) is 0 Å². The number of fused-ring (bicyclic) bond motifs is 2. The second kappa shape index (κ2) is 10.6. The molecule has 10 heteroatoms. The van der Waals surface area contributed by atoms with Gasteiger partial charge in [-0.2, -0.15) is 0 Å². The molecule has 3 atom stereocenters. The number of nitrogens with two attached hydrogens (primary N) is 1. The van der Waals surface area contributed by atoms with Gasteiger partial charge < -0.3 is 30.7 Å². The molecule has 2 unspecified atom stereocenters. The van der Waals surface area contributed by atoms with Gasteiger partial charge in [-0.25, -0.2) is 14.8 Å². The second-order valence-corrected chi connectivity index (χ2v) is 12.4. The molecule has 4 N–H and O–H groups in total. The van der Waals surface area contributed by atoms with E-state index in [1.54, 1.807) is 18.4 Å². The standard InChI is InChI=1S/C28H38N6O3S/c1-16-6-9-20-24(29)26(38-25(20)30-16)31-19-8-10-21-17(12-19)7-11-23(32-21)34-13-18(15-36-5)22(14-34)33-27(35)37-28(2,3)4/h6-7,9,11,18-19,22,31H,8,10,12-15,29H2,1-5H3,(H,33,35)/t18?,19-,22?/m0/s1. The third-order valence-electron chi connectivity index (χ3n) is 7.17. The maximum Gasteiger partial charge on any atom is 0.407 e. The van der Waals surface area contributed by atoms with Gasteiger partial charge in [-0.05, 0) is 70.7 Å². The van der Waals surface area contributed by atoms with Gasteiger partial charge in [0.25, 0.3) is 0 Å². The summed E-state index contributed by atoms with van der Waals surface area (Å²) in [4.78, 5) is 25.3. The van der Waals surface area contributed by atoms with E-state index in [1.807, 2.05) is 33.8 Å². The van der Waals surface area contributed by atoms with Crippen molar-refractivity contribution >= 4 is 44.2 Å². The lowest BCUT2D eigenvalue weighted by molar-refractivity contribution is 0.0480. The number of rotatable bonds is 6. The fourth-order valence-electron chi connectivity index (χ4n) is 5.34. The van der Waals surface area contributed by atoms with Crippen molar-refractivity contribution in [2.45, 2.75) is 64.6 Å². The molecule has 204 valence electrons. The monoisotopic (exact) mass is 538 g/mol. The predicted molar refractivity (Wildman–Crippen MR) is 153 cm³/mol. The SMILES string of the molecule is COCC1CN(c2ccc3c(n2)CC[C@H](Nc2sc4nc(C)ccc4c2N)C3)CC1NC(=O)OC(C)(C)C. The summed E-state index contributed by atoms with van der Waals surface area (Å²) >= 11 is 1.62.